The van der Waals surface area contributed by atoms with Crippen molar-refractivity contribution in [3.63, 3.8) is 0 Å². The molecular weight excluding hydrogens is 202 g/mol. The molecule has 0 radical (unpaired) electrons. The normalized spacial score (nSPS) is 21.5. The van der Waals surface area contributed by atoms with E-state index in [1.807, 2.05) is 0 Å². The lowest BCUT2D eigenvalue weighted by Gasteiger charge is -2.02. The second-order valence-electron chi connectivity index (χ2n) is 3.92. The Balaban J connectivity index is 2.05. The molecule has 15 heavy (non-hydrogen) atoms. The van der Waals surface area contributed by atoms with Gasteiger partial charge in [-0.15, -0.1) is 0 Å². The van der Waals surface area contributed by atoms with Gasteiger partial charge >= 0.3 is 0 Å². The van der Waals surface area contributed by atoms with Crippen molar-refractivity contribution in [1.82, 2.24) is 10.3 Å². The summed E-state index contributed by atoms with van der Waals surface area (Å²) in [5, 5.41) is 3.22. The van der Waals surface area contributed by atoms with Crippen molar-refractivity contribution >= 4 is 0 Å². The highest BCUT2D eigenvalue weighted by Gasteiger charge is 2.22. The molecule has 0 aromatic carbocycles. The van der Waals surface area contributed by atoms with E-state index in [9.17, 15) is 8.78 Å². The minimum atomic E-state index is -2.56. The molecule has 1 saturated heterocycles. The summed E-state index contributed by atoms with van der Waals surface area (Å²) in [5.74, 6) is 0.626. The third-order valence-corrected chi connectivity index (χ3v) is 2.70. The summed E-state index contributed by atoms with van der Waals surface area (Å²) >= 11 is 0. The molecule has 1 N–H and O–H groups in total. The molecule has 0 spiro atoms. The maximum atomic E-state index is 12.4. The second-order valence-corrected chi connectivity index (χ2v) is 3.92. The molecule has 0 bridgehead atoms. The number of halogens is 2. The zero-order chi connectivity index (χ0) is 10.8. The van der Waals surface area contributed by atoms with Crippen LogP contribution in [-0.2, 0) is 6.42 Å². The summed E-state index contributed by atoms with van der Waals surface area (Å²) in [5.41, 5.74) is 0.311. The number of alkyl halides is 2. The highest BCUT2D eigenvalue weighted by atomic mass is 19.3. The molecule has 1 aliphatic heterocycles. The van der Waals surface area contributed by atoms with Gasteiger partial charge in [0, 0.05) is 6.42 Å². The Labute approximate surface area is 86.9 Å². The van der Waals surface area contributed by atoms with E-state index in [1.165, 1.54) is 0 Å². The number of nitrogens with one attached hydrogen (secondary N) is 1. The van der Waals surface area contributed by atoms with Crippen molar-refractivity contribution in [3.8, 4) is 0 Å². The number of aromatic nitrogens is 1. The van der Waals surface area contributed by atoms with Gasteiger partial charge in [-0.3, -0.25) is 0 Å². The van der Waals surface area contributed by atoms with E-state index >= 15 is 0 Å². The summed E-state index contributed by atoms with van der Waals surface area (Å²) < 4.78 is 29.9. The molecule has 2 heterocycles. The van der Waals surface area contributed by atoms with Crippen LogP contribution in [0.2, 0.25) is 0 Å². The van der Waals surface area contributed by atoms with Crippen LogP contribution in [0.3, 0.4) is 0 Å². The van der Waals surface area contributed by atoms with Gasteiger partial charge < -0.3 is 9.73 Å². The van der Waals surface area contributed by atoms with Gasteiger partial charge in [-0.25, -0.2) is 13.8 Å². The van der Waals surface area contributed by atoms with Gasteiger partial charge in [0.1, 0.15) is 0 Å². The van der Waals surface area contributed by atoms with E-state index < -0.39 is 6.43 Å². The smallest absolute Gasteiger partial charge is 0.297 e. The molecule has 5 heteroatoms. The van der Waals surface area contributed by atoms with Crippen LogP contribution < -0.4 is 5.32 Å². The first kappa shape index (κ1) is 10.5. The summed E-state index contributed by atoms with van der Waals surface area (Å²) in [6, 6.07) is 0. The third-order valence-electron chi connectivity index (χ3n) is 2.70. The van der Waals surface area contributed by atoms with E-state index in [4.69, 9.17) is 4.42 Å². The van der Waals surface area contributed by atoms with Gasteiger partial charge in [-0.2, -0.15) is 0 Å². The first-order valence-electron chi connectivity index (χ1n) is 5.12. The maximum absolute atomic E-state index is 12.4. The van der Waals surface area contributed by atoms with Crippen LogP contribution in [0.15, 0.2) is 4.42 Å². The Morgan fingerprint density at radius 3 is 2.93 bits per heavy atom. The van der Waals surface area contributed by atoms with E-state index in [2.05, 4.69) is 10.3 Å². The zero-order valence-electron chi connectivity index (χ0n) is 8.59. The Hall–Kier alpha value is -0.970. The Morgan fingerprint density at radius 1 is 1.60 bits per heavy atom. The molecule has 3 nitrogen and oxygen atoms in total. The van der Waals surface area contributed by atoms with Gasteiger partial charge in [0.2, 0.25) is 0 Å². The lowest BCUT2D eigenvalue weighted by atomic mass is 10.1. The van der Waals surface area contributed by atoms with Crippen LogP contribution in [0.1, 0.15) is 30.2 Å². The minimum Gasteiger partial charge on any atom is -0.439 e. The Morgan fingerprint density at radius 2 is 2.40 bits per heavy atom. The van der Waals surface area contributed by atoms with E-state index in [0.717, 1.165) is 19.5 Å². The van der Waals surface area contributed by atoms with Crippen LogP contribution >= 0.6 is 0 Å². The highest BCUT2D eigenvalue weighted by Crippen LogP contribution is 2.25. The maximum Gasteiger partial charge on any atom is 0.297 e. The van der Waals surface area contributed by atoms with Gasteiger partial charge in [0.25, 0.3) is 6.43 Å². The summed E-state index contributed by atoms with van der Waals surface area (Å²) in [6.45, 7) is 3.47. The van der Waals surface area contributed by atoms with E-state index in [1.54, 1.807) is 6.92 Å². The van der Waals surface area contributed by atoms with Crippen LogP contribution in [0.25, 0.3) is 0 Å². The van der Waals surface area contributed by atoms with Gasteiger partial charge in [0.05, 0.1) is 5.69 Å². The molecular formula is C10H14F2N2O. The fraction of sp³-hybridized carbons (Fsp3) is 0.700. The van der Waals surface area contributed by atoms with Crippen molar-refractivity contribution in [3.05, 3.63) is 17.3 Å². The molecule has 84 valence electrons. The number of rotatable bonds is 3. The number of oxazole rings is 1. The van der Waals surface area contributed by atoms with Crippen molar-refractivity contribution in [2.45, 2.75) is 26.2 Å². The number of nitrogens with zero attached hydrogens (tertiary/aromatic N) is 1. The van der Waals surface area contributed by atoms with Crippen molar-refractivity contribution in [2.75, 3.05) is 13.1 Å². The molecule has 2 rings (SSSR count). The number of aryl methyl sites for hydroxylation is 1. The SMILES string of the molecule is Cc1nc(CC2CCNC2)oc1C(F)F. The molecule has 0 saturated carbocycles. The number of hydrogen-bond donors (Lipinski definition) is 1. The molecule has 0 aliphatic carbocycles. The molecule has 1 aromatic heterocycles. The predicted molar refractivity (Wildman–Crippen MR) is 50.9 cm³/mol. The summed E-state index contributed by atoms with van der Waals surface area (Å²) in [7, 11) is 0. The highest BCUT2D eigenvalue weighted by molar-refractivity contribution is 5.09. The first-order chi connectivity index (χ1) is 7.16. The molecule has 1 aromatic rings. The number of hydrogen-bond acceptors (Lipinski definition) is 3. The van der Waals surface area contributed by atoms with Crippen LogP contribution in [0, 0.1) is 12.8 Å². The van der Waals surface area contributed by atoms with Crippen LogP contribution in [-0.4, -0.2) is 18.1 Å². The molecule has 1 atom stereocenters. The van der Waals surface area contributed by atoms with E-state index in [0.29, 0.717) is 23.9 Å². The third kappa shape index (κ3) is 2.34. The average molecular weight is 216 g/mol. The zero-order valence-corrected chi connectivity index (χ0v) is 8.59. The van der Waals surface area contributed by atoms with Crippen molar-refractivity contribution in [1.29, 1.82) is 0 Å². The monoisotopic (exact) mass is 216 g/mol. The van der Waals surface area contributed by atoms with Crippen molar-refractivity contribution in [2.24, 2.45) is 5.92 Å². The topological polar surface area (TPSA) is 38.1 Å². The summed E-state index contributed by atoms with van der Waals surface area (Å²) in [4.78, 5) is 4.02. The molecule has 1 aliphatic rings. The predicted octanol–water partition coefficient (Wildman–Crippen LogP) is 2.07. The fourth-order valence-corrected chi connectivity index (χ4v) is 1.89. The van der Waals surface area contributed by atoms with Gasteiger partial charge in [-0.05, 0) is 32.4 Å². The Kier molecular flexibility index (Phi) is 3.00. The first-order valence-corrected chi connectivity index (χ1v) is 5.12. The average Bonchev–Trinajstić information content (AvgIpc) is 2.75. The lowest BCUT2D eigenvalue weighted by Crippen LogP contribution is -2.10. The second kappa shape index (κ2) is 4.26. The van der Waals surface area contributed by atoms with Gasteiger partial charge in [0.15, 0.2) is 11.7 Å². The minimum absolute atomic E-state index is 0.282. The molecule has 1 unspecified atom stereocenters. The largest absolute Gasteiger partial charge is 0.439 e. The molecule has 1 fully saturated rings. The van der Waals surface area contributed by atoms with E-state index in [-0.39, 0.29) is 5.76 Å². The fourth-order valence-electron chi connectivity index (χ4n) is 1.89. The van der Waals surface area contributed by atoms with Crippen LogP contribution in [0.5, 0.6) is 0 Å². The standard InChI is InChI=1S/C10H14F2N2O/c1-6-9(10(11)12)15-8(14-6)4-7-2-3-13-5-7/h7,10,13H,2-5H2,1H3. The van der Waals surface area contributed by atoms with Crippen molar-refractivity contribution < 1.29 is 13.2 Å². The Bertz CT molecular complexity index is 332. The van der Waals surface area contributed by atoms with Crippen LogP contribution in [0.4, 0.5) is 8.78 Å². The summed E-state index contributed by atoms with van der Waals surface area (Å²) in [6.07, 6.45) is -0.848. The molecule has 0 amide bonds. The van der Waals surface area contributed by atoms with Gasteiger partial charge in [-0.1, -0.05) is 0 Å². The quantitative estimate of drug-likeness (QED) is 0.840. The lowest BCUT2D eigenvalue weighted by molar-refractivity contribution is 0.118.